The SMILES string of the molecule is COc1c(Br)cc(Br)cc1CNCCCn1ccnc1. The van der Waals surface area contributed by atoms with Crippen LogP contribution >= 0.6 is 31.9 Å². The van der Waals surface area contributed by atoms with Crippen LogP contribution in [-0.4, -0.2) is 23.2 Å². The molecule has 1 N–H and O–H groups in total. The quantitative estimate of drug-likeness (QED) is 0.719. The zero-order valence-corrected chi connectivity index (χ0v) is 14.4. The van der Waals surface area contributed by atoms with Crippen molar-refractivity contribution < 1.29 is 4.74 Å². The number of ether oxygens (including phenoxy) is 1. The van der Waals surface area contributed by atoms with Gasteiger partial charge in [-0.15, -0.1) is 0 Å². The van der Waals surface area contributed by atoms with E-state index in [1.54, 1.807) is 13.3 Å². The zero-order valence-electron chi connectivity index (χ0n) is 11.3. The van der Waals surface area contributed by atoms with Crippen molar-refractivity contribution in [2.75, 3.05) is 13.7 Å². The Morgan fingerprint density at radius 1 is 1.35 bits per heavy atom. The molecule has 0 bridgehead atoms. The molecule has 0 saturated carbocycles. The van der Waals surface area contributed by atoms with Crippen molar-refractivity contribution in [3.8, 4) is 5.75 Å². The molecule has 0 unspecified atom stereocenters. The fraction of sp³-hybridized carbons (Fsp3) is 0.357. The molecule has 0 aliphatic rings. The molecule has 6 heteroatoms. The van der Waals surface area contributed by atoms with E-state index in [1.807, 2.05) is 18.6 Å². The van der Waals surface area contributed by atoms with Crippen LogP contribution in [0.5, 0.6) is 5.75 Å². The van der Waals surface area contributed by atoms with Crippen molar-refractivity contribution in [2.24, 2.45) is 0 Å². The van der Waals surface area contributed by atoms with Crippen molar-refractivity contribution in [2.45, 2.75) is 19.5 Å². The van der Waals surface area contributed by atoms with Gasteiger partial charge >= 0.3 is 0 Å². The maximum Gasteiger partial charge on any atom is 0.137 e. The molecule has 1 heterocycles. The highest BCUT2D eigenvalue weighted by Crippen LogP contribution is 2.32. The van der Waals surface area contributed by atoms with Gasteiger partial charge in [0.1, 0.15) is 5.75 Å². The molecule has 1 aromatic heterocycles. The summed E-state index contributed by atoms with van der Waals surface area (Å²) < 4.78 is 9.51. The van der Waals surface area contributed by atoms with Crippen LogP contribution in [0.15, 0.2) is 39.8 Å². The number of aryl methyl sites for hydroxylation is 1. The number of nitrogens with one attached hydrogen (secondary N) is 1. The Hall–Kier alpha value is -0.850. The van der Waals surface area contributed by atoms with Crippen molar-refractivity contribution in [3.63, 3.8) is 0 Å². The lowest BCUT2D eigenvalue weighted by Crippen LogP contribution is -2.17. The zero-order chi connectivity index (χ0) is 14.4. The van der Waals surface area contributed by atoms with Gasteiger partial charge in [0.25, 0.3) is 0 Å². The molecule has 0 saturated heterocycles. The second-order valence-electron chi connectivity index (χ2n) is 4.41. The predicted octanol–water partition coefficient (Wildman–Crippen LogP) is 3.60. The van der Waals surface area contributed by atoms with Crippen LogP contribution in [0, 0.1) is 0 Å². The van der Waals surface area contributed by atoms with Gasteiger partial charge in [0.15, 0.2) is 0 Å². The van der Waals surface area contributed by atoms with Crippen LogP contribution in [0.2, 0.25) is 0 Å². The number of hydrogen-bond donors (Lipinski definition) is 1. The second kappa shape index (κ2) is 7.81. The Morgan fingerprint density at radius 3 is 2.90 bits per heavy atom. The van der Waals surface area contributed by atoms with Crippen LogP contribution in [-0.2, 0) is 13.1 Å². The van der Waals surface area contributed by atoms with Gasteiger partial charge in [-0.05, 0) is 41.0 Å². The van der Waals surface area contributed by atoms with E-state index in [0.29, 0.717) is 0 Å². The van der Waals surface area contributed by atoms with E-state index < -0.39 is 0 Å². The lowest BCUT2D eigenvalue weighted by Gasteiger charge is -2.12. The fourth-order valence-electron chi connectivity index (χ4n) is 2.00. The molecule has 2 aromatic rings. The third-order valence-corrected chi connectivity index (χ3v) is 3.98. The van der Waals surface area contributed by atoms with E-state index in [9.17, 15) is 0 Å². The van der Waals surface area contributed by atoms with Crippen molar-refractivity contribution in [1.82, 2.24) is 14.9 Å². The molecule has 0 fully saturated rings. The number of rotatable bonds is 7. The minimum Gasteiger partial charge on any atom is -0.495 e. The fourth-order valence-corrected chi connectivity index (χ4v) is 3.48. The average Bonchev–Trinajstić information content (AvgIpc) is 2.91. The van der Waals surface area contributed by atoms with Gasteiger partial charge in [0.05, 0.1) is 17.9 Å². The molecule has 20 heavy (non-hydrogen) atoms. The molecule has 2 rings (SSSR count). The van der Waals surface area contributed by atoms with Crippen LogP contribution in [0.3, 0.4) is 0 Å². The molecular weight excluding hydrogens is 386 g/mol. The predicted molar refractivity (Wildman–Crippen MR) is 86.9 cm³/mol. The number of benzene rings is 1. The maximum atomic E-state index is 5.43. The summed E-state index contributed by atoms with van der Waals surface area (Å²) in [5.41, 5.74) is 1.14. The van der Waals surface area contributed by atoms with Gasteiger partial charge in [0, 0.05) is 35.5 Å². The standard InChI is InChI=1S/C14H17Br2N3O/c1-20-14-11(7-12(15)8-13(14)16)9-17-3-2-5-19-6-4-18-10-19/h4,6-8,10,17H,2-3,5,9H2,1H3. The van der Waals surface area contributed by atoms with E-state index in [1.165, 1.54) is 0 Å². The van der Waals surface area contributed by atoms with Gasteiger partial charge in [0.2, 0.25) is 0 Å². The van der Waals surface area contributed by atoms with Crippen LogP contribution in [0.1, 0.15) is 12.0 Å². The smallest absolute Gasteiger partial charge is 0.137 e. The van der Waals surface area contributed by atoms with Gasteiger partial charge in [-0.1, -0.05) is 15.9 Å². The van der Waals surface area contributed by atoms with Gasteiger partial charge in [-0.2, -0.15) is 0 Å². The first-order valence-electron chi connectivity index (χ1n) is 6.39. The Balaban J connectivity index is 1.81. The minimum absolute atomic E-state index is 0.783. The van der Waals surface area contributed by atoms with Crippen LogP contribution in [0.25, 0.3) is 0 Å². The summed E-state index contributed by atoms with van der Waals surface area (Å²) in [5, 5.41) is 3.44. The van der Waals surface area contributed by atoms with Gasteiger partial charge in [-0.25, -0.2) is 4.98 Å². The van der Waals surface area contributed by atoms with E-state index in [4.69, 9.17) is 4.74 Å². The van der Waals surface area contributed by atoms with E-state index >= 15 is 0 Å². The average molecular weight is 403 g/mol. The number of methoxy groups -OCH3 is 1. The molecule has 0 spiro atoms. The van der Waals surface area contributed by atoms with E-state index in [-0.39, 0.29) is 0 Å². The summed E-state index contributed by atoms with van der Waals surface area (Å²) in [4.78, 5) is 4.03. The first-order chi connectivity index (χ1) is 9.70. The molecule has 1 aromatic carbocycles. The van der Waals surface area contributed by atoms with Crippen molar-refractivity contribution >= 4 is 31.9 Å². The molecule has 0 aliphatic carbocycles. The number of hydrogen-bond acceptors (Lipinski definition) is 3. The Morgan fingerprint density at radius 2 is 2.20 bits per heavy atom. The first kappa shape index (κ1) is 15.5. The summed E-state index contributed by atoms with van der Waals surface area (Å²) in [6.45, 7) is 2.71. The molecule has 108 valence electrons. The normalized spacial score (nSPS) is 10.8. The summed E-state index contributed by atoms with van der Waals surface area (Å²) in [7, 11) is 1.69. The molecular formula is C14H17Br2N3O. The van der Waals surface area contributed by atoms with E-state index in [0.717, 1.165) is 46.3 Å². The summed E-state index contributed by atoms with van der Waals surface area (Å²) in [6.07, 6.45) is 6.69. The maximum absolute atomic E-state index is 5.43. The summed E-state index contributed by atoms with van der Waals surface area (Å²) >= 11 is 7.02. The van der Waals surface area contributed by atoms with Gasteiger partial charge < -0.3 is 14.6 Å². The number of imidazole rings is 1. The largest absolute Gasteiger partial charge is 0.495 e. The van der Waals surface area contributed by atoms with Crippen molar-refractivity contribution in [1.29, 1.82) is 0 Å². The highest BCUT2D eigenvalue weighted by Gasteiger charge is 2.08. The molecule has 0 amide bonds. The number of nitrogens with zero attached hydrogens (tertiary/aromatic N) is 2. The third kappa shape index (κ3) is 4.33. The molecule has 4 nitrogen and oxygen atoms in total. The topological polar surface area (TPSA) is 39.1 Å². The van der Waals surface area contributed by atoms with E-state index in [2.05, 4.69) is 52.8 Å². The number of aromatic nitrogens is 2. The van der Waals surface area contributed by atoms with Crippen molar-refractivity contribution in [3.05, 3.63) is 45.4 Å². The minimum atomic E-state index is 0.783. The second-order valence-corrected chi connectivity index (χ2v) is 6.18. The van der Waals surface area contributed by atoms with Crippen LogP contribution < -0.4 is 10.1 Å². The highest BCUT2D eigenvalue weighted by molar-refractivity contribution is 9.11. The Labute approximate surface area is 135 Å². The van der Waals surface area contributed by atoms with Gasteiger partial charge in [-0.3, -0.25) is 0 Å². The summed E-state index contributed by atoms with van der Waals surface area (Å²) in [5.74, 6) is 0.885. The van der Waals surface area contributed by atoms with Crippen LogP contribution in [0.4, 0.5) is 0 Å². The first-order valence-corrected chi connectivity index (χ1v) is 7.97. The third-order valence-electron chi connectivity index (χ3n) is 2.93. The highest BCUT2D eigenvalue weighted by atomic mass is 79.9. The molecule has 0 atom stereocenters. The molecule has 0 aliphatic heterocycles. The Bertz CT molecular complexity index is 544. The summed E-state index contributed by atoms with van der Waals surface area (Å²) in [6, 6.07) is 4.06. The lowest BCUT2D eigenvalue weighted by molar-refractivity contribution is 0.404. The number of halogens is 2. The molecule has 0 radical (unpaired) electrons. The lowest BCUT2D eigenvalue weighted by atomic mass is 10.2. The Kier molecular flexibility index (Phi) is 6.06. The monoisotopic (exact) mass is 401 g/mol.